The fraction of sp³-hybridized carbons (Fsp3) is 0.714. The first-order valence-electron chi connectivity index (χ1n) is 4.20. The Morgan fingerprint density at radius 3 is 3.23 bits per heavy atom. The van der Waals surface area contributed by atoms with Crippen molar-refractivity contribution in [2.75, 3.05) is 18.8 Å². The Morgan fingerprint density at radius 1 is 1.77 bits per heavy atom. The maximum absolute atomic E-state index is 9.43. The summed E-state index contributed by atoms with van der Waals surface area (Å²) >= 11 is 1.47. The molecule has 0 aliphatic heterocycles. The largest absolute Gasteiger partial charge is 0.391 e. The lowest BCUT2D eigenvalue weighted by atomic mass is 10.4. The Balaban J connectivity index is 2.11. The second-order valence-electron chi connectivity index (χ2n) is 2.56. The Morgan fingerprint density at radius 2 is 2.62 bits per heavy atom. The number of hydrogen-bond donors (Lipinski definition) is 3. The minimum absolute atomic E-state index is 0.338. The van der Waals surface area contributed by atoms with Gasteiger partial charge in [0.2, 0.25) is 0 Å². The highest BCUT2D eigenvalue weighted by Gasteiger charge is 2.04. The summed E-state index contributed by atoms with van der Waals surface area (Å²) < 4.78 is 0. The van der Waals surface area contributed by atoms with Gasteiger partial charge in [-0.15, -0.1) is 0 Å². The van der Waals surface area contributed by atoms with E-state index < -0.39 is 0 Å². The number of aromatic nitrogens is 3. The molecule has 1 aromatic rings. The molecule has 6 heteroatoms. The third-order valence-corrected chi connectivity index (χ3v) is 2.46. The number of likely N-dealkylation sites (N-methyl/N-ethyl adjacent to an activating group) is 1. The molecule has 0 fully saturated rings. The van der Waals surface area contributed by atoms with E-state index >= 15 is 0 Å². The van der Waals surface area contributed by atoms with Gasteiger partial charge < -0.3 is 10.4 Å². The van der Waals surface area contributed by atoms with Gasteiger partial charge >= 0.3 is 0 Å². The van der Waals surface area contributed by atoms with Crippen LogP contribution in [-0.4, -0.2) is 45.2 Å². The van der Waals surface area contributed by atoms with Crippen molar-refractivity contribution in [2.45, 2.75) is 18.2 Å². The number of H-pyrrole nitrogens is 1. The van der Waals surface area contributed by atoms with Crippen LogP contribution in [-0.2, 0) is 0 Å². The SMILES string of the molecule is CCNCC(O)CSc1ncn[nH]1. The molecule has 0 spiro atoms. The summed E-state index contributed by atoms with van der Waals surface area (Å²) in [6, 6.07) is 0. The molecule has 0 aromatic carbocycles. The minimum atomic E-state index is -0.338. The number of nitrogens with one attached hydrogen (secondary N) is 2. The Kier molecular flexibility index (Phi) is 4.81. The number of nitrogens with zero attached hydrogens (tertiary/aromatic N) is 2. The molecule has 1 atom stereocenters. The van der Waals surface area contributed by atoms with Gasteiger partial charge in [-0.3, -0.25) is 5.10 Å². The number of aliphatic hydroxyl groups excluding tert-OH is 1. The molecule has 1 heterocycles. The van der Waals surface area contributed by atoms with E-state index in [4.69, 9.17) is 0 Å². The Bertz CT molecular complexity index is 216. The summed E-state index contributed by atoms with van der Waals surface area (Å²) in [7, 11) is 0. The highest BCUT2D eigenvalue weighted by Crippen LogP contribution is 2.11. The van der Waals surface area contributed by atoms with Crippen molar-refractivity contribution >= 4 is 11.8 Å². The van der Waals surface area contributed by atoms with Gasteiger partial charge in [-0.25, -0.2) is 4.98 Å². The van der Waals surface area contributed by atoms with Gasteiger partial charge in [0.15, 0.2) is 5.16 Å². The van der Waals surface area contributed by atoms with Crippen LogP contribution in [0.2, 0.25) is 0 Å². The lowest BCUT2D eigenvalue weighted by Crippen LogP contribution is -2.28. The standard InChI is InChI=1S/C7H14N4OS/c1-2-8-3-6(12)4-13-7-9-5-10-11-7/h5-6,8,12H,2-4H2,1H3,(H,9,10,11). The molecule has 3 N–H and O–H groups in total. The highest BCUT2D eigenvalue weighted by atomic mass is 32.2. The van der Waals surface area contributed by atoms with Crippen LogP contribution in [0.4, 0.5) is 0 Å². The first kappa shape index (κ1) is 10.5. The maximum atomic E-state index is 9.43. The van der Waals surface area contributed by atoms with Crippen LogP contribution in [0.15, 0.2) is 11.5 Å². The molecule has 0 saturated carbocycles. The average Bonchev–Trinajstić information content (AvgIpc) is 2.64. The van der Waals surface area contributed by atoms with Crippen LogP contribution in [0.1, 0.15) is 6.92 Å². The van der Waals surface area contributed by atoms with E-state index in [9.17, 15) is 5.11 Å². The maximum Gasteiger partial charge on any atom is 0.183 e. The zero-order valence-electron chi connectivity index (χ0n) is 7.53. The van der Waals surface area contributed by atoms with Crippen LogP contribution in [0, 0.1) is 0 Å². The molecule has 0 bridgehead atoms. The molecule has 0 aliphatic carbocycles. The van der Waals surface area contributed by atoms with Crippen LogP contribution >= 0.6 is 11.8 Å². The molecule has 5 nitrogen and oxygen atoms in total. The van der Waals surface area contributed by atoms with Crippen molar-refractivity contribution in [3.05, 3.63) is 6.33 Å². The topological polar surface area (TPSA) is 73.8 Å². The highest BCUT2D eigenvalue weighted by molar-refractivity contribution is 7.99. The molecule has 0 radical (unpaired) electrons. The first-order chi connectivity index (χ1) is 6.33. The lowest BCUT2D eigenvalue weighted by Gasteiger charge is -2.08. The summed E-state index contributed by atoms with van der Waals surface area (Å²) in [5.74, 6) is 0.627. The Labute approximate surface area is 81.3 Å². The normalized spacial score (nSPS) is 13.1. The molecule has 1 rings (SSSR count). The minimum Gasteiger partial charge on any atom is -0.391 e. The van der Waals surface area contributed by atoms with Gasteiger partial charge in [-0.05, 0) is 6.54 Å². The number of aromatic amines is 1. The number of aliphatic hydroxyl groups is 1. The lowest BCUT2D eigenvalue weighted by molar-refractivity contribution is 0.196. The van der Waals surface area contributed by atoms with Gasteiger partial charge in [-0.2, -0.15) is 5.10 Å². The summed E-state index contributed by atoms with van der Waals surface area (Å²) in [5, 5.41) is 19.7. The fourth-order valence-electron chi connectivity index (χ4n) is 0.809. The van der Waals surface area contributed by atoms with E-state index in [1.807, 2.05) is 6.92 Å². The zero-order valence-corrected chi connectivity index (χ0v) is 8.34. The van der Waals surface area contributed by atoms with Crippen molar-refractivity contribution < 1.29 is 5.11 Å². The van der Waals surface area contributed by atoms with Crippen LogP contribution in [0.5, 0.6) is 0 Å². The van der Waals surface area contributed by atoms with E-state index in [2.05, 4.69) is 20.5 Å². The molecular formula is C7H14N4OS. The fourth-order valence-corrected chi connectivity index (χ4v) is 1.52. The monoisotopic (exact) mass is 202 g/mol. The van der Waals surface area contributed by atoms with E-state index in [1.165, 1.54) is 18.1 Å². The van der Waals surface area contributed by atoms with Crippen molar-refractivity contribution in [3.8, 4) is 0 Å². The molecule has 0 saturated heterocycles. The number of rotatable bonds is 6. The van der Waals surface area contributed by atoms with E-state index in [0.717, 1.165) is 11.7 Å². The predicted octanol–water partition coefficient (Wildman–Crippen LogP) is -0.133. The molecular weight excluding hydrogens is 188 g/mol. The summed E-state index contributed by atoms with van der Waals surface area (Å²) in [4.78, 5) is 3.93. The molecule has 0 amide bonds. The van der Waals surface area contributed by atoms with Crippen molar-refractivity contribution in [3.63, 3.8) is 0 Å². The van der Waals surface area contributed by atoms with E-state index in [1.54, 1.807) is 0 Å². The van der Waals surface area contributed by atoms with Crippen molar-refractivity contribution in [2.24, 2.45) is 0 Å². The molecule has 74 valence electrons. The van der Waals surface area contributed by atoms with Gasteiger partial charge in [-0.1, -0.05) is 18.7 Å². The first-order valence-corrected chi connectivity index (χ1v) is 5.18. The van der Waals surface area contributed by atoms with Gasteiger partial charge in [0.1, 0.15) is 6.33 Å². The second-order valence-corrected chi connectivity index (χ2v) is 3.57. The number of thioether (sulfide) groups is 1. The smallest absolute Gasteiger partial charge is 0.183 e. The Hall–Kier alpha value is -0.590. The van der Waals surface area contributed by atoms with Crippen LogP contribution < -0.4 is 5.32 Å². The van der Waals surface area contributed by atoms with E-state index in [-0.39, 0.29) is 6.10 Å². The molecule has 1 unspecified atom stereocenters. The summed E-state index contributed by atoms with van der Waals surface area (Å²) in [6.45, 7) is 3.51. The average molecular weight is 202 g/mol. The second kappa shape index (κ2) is 5.95. The molecule has 0 aliphatic rings. The molecule has 13 heavy (non-hydrogen) atoms. The molecule has 1 aromatic heterocycles. The van der Waals surface area contributed by atoms with Gasteiger partial charge in [0.05, 0.1) is 6.10 Å². The summed E-state index contributed by atoms with van der Waals surface area (Å²) in [5.41, 5.74) is 0. The number of hydrogen-bond acceptors (Lipinski definition) is 5. The third-order valence-electron chi connectivity index (χ3n) is 1.44. The predicted molar refractivity (Wildman–Crippen MR) is 51.7 cm³/mol. The zero-order chi connectivity index (χ0) is 9.52. The van der Waals surface area contributed by atoms with Crippen LogP contribution in [0.25, 0.3) is 0 Å². The quantitative estimate of drug-likeness (QED) is 0.560. The summed E-state index contributed by atoms with van der Waals surface area (Å²) in [6.07, 6.45) is 1.12. The van der Waals surface area contributed by atoms with Crippen molar-refractivity contribution in [1.29, 1.82) is 0 Å². The van der Waals surface area contributed by atoms with E-state index in [0.29, 0.717) is 12.3 Å². The van der Waals surface area contributed by atoms with Gasteiger partial charge in [0, 0.05) is 12.3 Å². The van der Waals surface area contributed by atoms with Crippen molar-refractivity contribution in [1.82, 2.24) is 20.5 Å². The van der Waals surface area contributed by atoms with Crippen LogP contribution in [0.3, 0.4) is 0 Å². The van der Waals surface area contributed by atoms with Gasteiger partial charge in [0.25, 0.3) is 0 Å². The third kappa shape index (κ3) is 4.25.